The van der Waals surface area contributed by atoms with Crippen LogP contribution in [0, 0.1) is 0 Å². The first-order valence-corrected chi connectivity index (χ1v) is 18.3. The van der Waals surface area contributed by atoms with Crippen LogP contribution in [0.4, 0.5) is 0 Å². The maximum atomic E-state index is 2.49. The number of hydrogen-bond donors (Lipinski definition) is 0. The molecule has 1 heterocycles. The van der Waals surface area contributed by atoms with Gasteiger partial charge in [0.05, 0.1) is 11.0 Å². The Morgan fingerprint density at radius 2 is 0.885 bits per heavy atom. The Labute approximate surface area is 303 Å². The summed E-state index contributed by atoms with van der Waals surface area (Å²) in [5.41, 5.74) is 14.2. The van der Waals surface area contributed by atoms with Crippen molar-refractivity contribution < 1.29 is 0 Å². The summed E-state index contributed by atoms with van der Waals surface area (Å²) < 4.78 is 2.49. The molecule has 1 nitrogen and oxygen atoms in total. The molecular formula is C51H35N. The molecule has 10 aromatic rings. The molecule has 244 valence electrons. The van der Waals surface area contributed by atoms with E-state index < -0.39 is 0 Å². The second-order valence-corrected chi connectivity index (χ2v) is 14.8. The van der Waals surface area contributed by atoms with Gasteiger partial charge in [0.15, 0.2) is 0 Å². The molecule has 52 heavy (non-hydrogen) atoms. The SMILES string of the molecule is CC1(C)c2ccccc2-c2c1ccc1c2c2c3ccccc3ccc2n1-c1ccc(-c2c3ccccc3c(-c3ccccc3)c3ccccc23)cc1. The van der Waals surface area contributed by atoms with Crippen LogP contribution >= 0.6 is 0 Å². The Bertz CT molecular complexity index is 3010. The third-order valence-electron chi connectivity index (χ3n) is 11.8. The molecule has 0 aliphatic heterocycles. The van der Waals surface area contributed by atoms with E-state index in [1.807, 2.05) is 0 Å². The van der Waals surface area contributed by atoms with Crippen LogP contribution in [-0.4, -0.2) is 4.57 Å². The highest BCUT2D eigenvalue weighted by Gasteiger charge is 2.37. The molecule has 0 amide bonds. The van der Waals surface area contributed by atoms with E-state index in [0.29, 0.717) is 0 Å². The Hall–Kier alpha value is -6.44. The Morgan fingerprint density at radius 3 is 1.56 bits per heavy atom. The van der Waals surface area contributed by atoms with Crippen molar-refractivity contribution >= 4 is 54.1 Å². The Kier molecular flexibility index (Phi) is 6.08. The van der Waals surface area contributed by atoms with Gasteiger partial charge in [-0.2, -0.15) is 0 Å². The first kappa shape index (κ1) is 29.3. The minimum atomic E-state index is -0.0671. The highest BCUT2D eigenvalue weighted by molar-refractivity contribution is 6.26. The highest BCUT2D eigenvalue weighted by atomic mass is 15.0. The summed E-state index contributed by atoms with van der Waals surface area (Å²) in [6.07, 6.45) is 0. The summed E-state index contributed by atoms with van der Waals surface area (Å²) in [6.45, 7) is 4.75. The zero-order valence-electron chi connectivity index (χ0n) is 29.2. The molecule has 0 radical (unpaired) electrons. The van der Waals surface area contributed by atoms with Crippen molar-refractivity contribution in [2.75, 3.05) is 0 Å². The summed E-state index contributed by atoms with van der Waals surface area (Å²) in [5, 5.41) is 10.3. The van der Waals surface area contributed by atoms with Gasteiger partial charge in [-0.25, -0.2) is 0 Å². The number of fused-ring (bicyclic) bond motifs is 11. The van der Waals surface area contributed by atoms with Crippen LogP contribution in [0.15, 0.2) is 176 Å². The maximum absolute atomic E-state index is 2.49. The van der Waals surface area contributed by atoms with Crippen LogP contribution in [0.3, 0.4) is 0 Å². The van der Waals surface area contributed by atoms with Crippen LogP contribution in [0.25, 0.3) is 93.2 Å². The van der Waals surface area contributed by atoms with E-state index in [9.17, 15) is 0 Å². The fourth-order valence-corrected chi connectivity index (χ4v) is 9.47. The van der Waals surface area contributed by atoms with Crippen LogP contribution in [0.2, 0.25) is 0 Å². The molecular weight excluding hydrogens is 627 g/mol. The lowest BCUT2D eigenvalue weighted by molar-refractivity contribution is 0.661. The molecule has 11 rings (SSSR count). The topological polar surface area (TPSA) is 4.93 Å². The van der Waals surface area contributed by atoms with Crippen LogP contribution in [0.5, 0.6) is 0 Å². The summed E-state index contributed by atoms with van der Waals surface area (Å²) in [4.78, 5) is 0. The van der Waals surface area contributed by atoms with Gasteiger partial charge in [0.1, 0.15) is 0 Å². The lowest BCUT2D eigenvalue weighted by Gasteiger charge is -2.21. The molecule has 0 atom stereocenters. The quantitative estimate of drug-likeness (QED) is 0.166. The second-order valence-electron chi connectivity index (χ2n) is 14.8. The highest BCUT2D eigenvalue weighted by Crippen LogP contribution is 2.54. The third kappa shape index (κ3) is 3.94. The van der Waals surface area contributed by atoms with Crippen molar-refractivity contribution in [2.24, 2.45) is 0 Å². The lowest BCUT2D eigenvalue weighted by Crippen LogP contribution is -2.14. The van der Waals surface area contributed by atoms with Crippen LogP contribution in [-0.2, 0) is 5.41 Å². The van der Waals surface area contributed by atoms with Crippen LogP contribution in [0.1, 0.15) is 25.0 Å². The summed E-state index contributed by atoms with van der Waals surface area (Å²) in [6, 6.07) is 65.2. The van der Waals surface area contributed by atoms with Crippen molar-refractivity contribution in [3.05, 3.63) is 187 Å². The number of rotatable bonds is 3. The van der Waals surface area contributed by atoms with E-state index in [-0.39, 0.29) is 5.41 Å². The smallest absolute Gasteiger partial charge is 0.0547 e. The van der Waals surface area contributed by atoms with Gasteiger partial charge in [-0.15, -0.1) is 0 Å². The first-order chi connectivity index (χ1) is 25.6. The zero-order valence-corrected chi connectivity index (χ0v) is 29.2. The van der Waals surface area contributed by atoms with Gasteiger partial charge >= 0.3 is 0 Å². The molecule has 9 aromatic carbocycles. The maximum Gasteiger partial charge on any atom is 0.0547 e. The van der Waals surface area contributed by atoms with Gasteiger partial charge in [0.25, 0.3) is 0 Å². The number of benzene rings is 9. The first-order valence-electron chi connectivity index (χ1n) is 18.3. The van der Waals surface area contributed by atoms with Gasteiger partial charge in [-0.05, 0) is 101 Å². The van der Waals surface area contributed by atoms with E-state index in [1.165, 1.54) is 104 Å². The fourth-order valence-electron chi connectivity index (χ4n) is 9.47. The van der Waals surface area contributed by atoms with Crippen molar-refractivity contribution in [1.82, 2.24) is 4.57 Å². The minimum Gasteiger partial charge on any atom is -0.309 e. The van der Waals surface area contributed by atoms with E-state index in [4.69, 9.17) is 0 Å². The molecule has 0 bridgehead atoms. The minimum absolute atomic E-state index is 0.0671. The van der Waals surface area contributed by atoms with Crippen LogP contribution < -0.4 is 0 Å². The molecule has 1 heteroatoms. The third-order valence-corrected chi connectivity index (χ3v) is 11.8. The standard InChI is InChI=1S/C51H35N/c1-51(2)42-23-13-12-22-41(42)48-43(51)29-31-45-50(48)49-36-17-7-6-14-32(36)26-30-44(49)52(45)35-27-24-34(25-28-35)47-39-20-10-8-18-37(39)46(33-15-4-3-5-16-33)38-19-9-11-21-40(38)47/h3-31H,1-2H3. The molecule has 1 aliphatic rings. The van der Waals surface area contributed by atoms with Crippen molar-refractivity contribution in [2.45, 2.75) is 19.3 Å². The molecule has 0 saturated carbocycles. The molecule has 0 N–H and O–H groups in total. The van der Waals surface area contributed by atoms with Crippen molar-refractivity contribution in [1.29, 1.82) is 0 Å². The van der Waals surface area contributed by atoms with Crippen molar-refractivity contribution in [3.8, 4) is 39.1 Å². The summed E-state index contributed by atoms with van der Waals surface area (Å²) >= 11 is 0. The monoisotopic (exact) mass is 661 g/mol. The normalized spacial score (nSPS) is 13.3. The molecule has 0 unspecified atom stereocenters. The van der Waals surface area contributed by atoms with Gasteiger partial charge in [-0.1, -0.05) is 166 Å². The Balaban J connectivity index is 1.18. The Morgan fingerprint density at radius 1 is 0.365 bits per heavy atom. The van der Waals surface area contributed by atoms with Gasteiger partial charge in [0, 0.05) is 21.9 Å². The predicted molar refractivity (Wildman–Crippen MR) is 222 cm³/mol. The van der Waals surface area contributed by atoms with Crippen molar-refractivity contribution in [3.63, 3.8) is 0 Å². The zero-order chi connectivity index (χ0) is 34.6. The number of nitrogens with zero attached hydrogens (tertiary/aromatic N) is 1. The van der Waals surface area contributed by atoms with E-state index >= 15 is 0 Å². The molecule has 0 fully saturated rings. The molecule has 0 saturated heterocycles. The molecule has 1 aromatic heterocycles. The average molecular weight is 662 g/mol. The second kappa shape index (κ2) is 10.8. The number of hydrogen-bond acceptors (Lipinski definition) is 0. The van der Waals surface area contributed by atoms with Gasteiger partial charge in [0.2, 0.25) is 0 Å². The van der Waals surface area contributed by atoms with E-state index in [1.54, 1.807) is 0 Å². The lowest BCUT2D eigenvalue weighted by atomic mass is 9.82. The van der Waals surface area contributed by atoms with E-state index in [2.05, 4.69) is 194 Å². The molecule has 1 aliphatic carbocycles. The van der Waals surface area contributed by atoms with Gasteiger partial charge in [-0.3, -0.25) is 0 Å². The fraction of sp³-hybridized carbons (Fsp3) is 0.0588. The number of aromatic nitrogens is 1. The summed E-state index contributed by atoms with van der Waals surface area (Å²) in [7, 11) is 0. The van der Waals surface area contributed by atoms with Gasteiger partial charge < -0.3 is 4.57 Å². The van der Waals surface area contributed by atoms with E-state index in [0.717, 1.165) is 0 Å². The summed E-state index contributed by atoms with van der Waals surface area (Å²) in [5.74, 6) is 0. The largest absolute Gasteiger partial charge is 0.309 e. The average Bonchev–Trinajstić information content (AvgIpc) is 3.66. The molecule has 0 spiro atoms. The predicted octanol–water partition coefficient (Wildman–Crippen LogP) is 13.9.